The number of hydrogen-bond acceptors (Lipinski definition) is 2. The smallest absolute Gasteiger partial charge is 0.223 e. The van der Waals surface area contributed by atoms with Crippen molar-refractivity contribution in [1.29, 1.82) is 0 Å². The maximum absolute atomic E-state index is 12.7. The standard InChI is InChI=1S/C25H23Cl2NO2/c26-21-12-8-18(9-13-21)17-30-25(20-10-14-22(27)15-11-20)24(19-5-2-1-3-6-19)28-16-4-7-23(28)29/h1-3,5-6,8-15,24-25H,4,7,16-17H2/t24-,25+/m0/s1. The van der Waals surface area contributed by atoms with Crippen molar-refractivity contribution >= 4 is 29.1 Å². The summed E-state index contributed by atoms with van der Waals surface area (Å²) >= 11 is 12.2. The summed E-state index contributed by atoms with van der Waals surface area (Å²) in [4.78, 5) is 14.7. The van der Waals surface area contributed by atoms with E-state index in [9.17, 15) is 4.79 Å². The fourth-order valence-corrected chi connectivity index (χ4v) is 4.17. The molecular weight excluding hydrogens is 417 g/mol. The average Bonchev–Trinajstić information content (AvgIpc) is 3.19. The third-order valence-electron chi connectivity index (χ3n) is 5.42. The van der Waals surface area contributed by atoms with E-state index in [1.54, 1.807) is 0 Å². The van der Waals surface area contributed by atoms with Gasteiger partial charge in [-0.25, -0.2) is 0 Å². The van der Waals surface area contributed by atoms with Gasteiger partial charge in [-0.05, 0) is 47.4 Å². The molecule has 2 atom stereocenters. The molecule has 1 amide bonds. The molecule has 30 heavy (non-hydrogen) atoms. The topological polar surface area (TPSA) is 29.5 Å². The van der Waals surface area contributed by atoms with Crippen LogP contribution >= 0.6 is 23.2 Å². The number of carbonyl (C=O) groups excluding carboxylic acids is 1. The molecule has 0 spiro atoms. The summed E-state index contributed by atoms with van der Waals surface area (Å²) in [6.07, 6.45) is 1.11. The van der Waals surface area contributed by atoms with E-state index in [0.717, 1.165) is 29.7 Å². The molecule has 4 rings (SSSR count). The first kappa shape index (κ1) is 20.9. The highest BCUT2D eigenvalue weighted by atomic mass is 35.5. The first-order valence-electron chi connectivity index (χ1n) is 10.1. The summed E-state index contributed by atoms with van der Waals surface area (Å²) in [6, 6.07) is 25.2. The third-order valence-corrected chi connectivity index (χ3v) is 5.92. The van der Waals surface area contributed by atoms with E-state index in [2.05, 4.69) is 12.1 Å². The van der Waals surface area contributed by atoms with E-state index in [1.165, 1.54) is 0 Å². The summed E-state index contributed by atoms with van der Waals surface area (Å²) in [6.45, 7) is 1.14. The Morgan fingerprint density at radius 3 is 2.07 bits per heavy atom. The Kier molecular flexibility index (Phi) is 6.73. The van der Waals surface area contributed by atoms with Gasteiger partial charge >= 0.3 is 0 Å². The lowest BCUT2D eigenvalue weighted by molar-refractivity contribution is -0.134. The molecule has 0 saturated carbocycles. The lowest BCUT2D eigenvalue weighted by atomic mass is 9.94. The predicted molar refractivity (Wildman–Crippen MR) is 121 cm³/mol. The molecule has 3 aromatic carbocycles. The second-order valence-corrected chi connectivity index (χ2v) is 8.33. The summed E-state index contributed by atoms with van der Waals surface area (Å²) < 4.78 is 6.49. The second-order valence-electron chi connectivity index (χ2n) is 7.46. The number of hydrogen-bond donors (Lipinski definition) is 0. The molecule has 3 nitrogen and oxygen atoms in total. The van der Waals surface area contributed by atoms with Gasteiger partial charge in [0.25, 0.3) is 0 Å². The number of rotatable bonds is 7. The van der Waals surface area contributed by atoms with Crippen LogP contribution in [0.5, 0.6) is 0 Å². The highest BCUT2D eigenvalue weighted by Gasteiger charge is 2.36. The van der Waals surface area contributed by atoms with Crippen LogP contribution in [0.2, 0.25) is 10.0 Å². The molecule has 3 aromatic rings. The first-order valence-corrected chi connectivity index (χ1v) is 10.8. The van der Waals surface area contributed by atoms with E-state index in [1.807, 2.05) is 71.6 Å². The minimum Gasteiger partial charge on any atom is -0.366 e. The second kappa shape index (κ2) is 9.65. The van der Waals surface area contributed by atoms with Crippen LogP contribution in [0.4, 0.5) is 0 Å². The number of benzene rings is 3. The van der Waals surface area contributed by atoms with Crippen LogP contribution in [0.25, 0.3) is 0 Å². The van der Waals surface area contributed by atoms with Crippen molar-refractivity contribution in [2.24, 2.45) is 0 Å². The lowest BCUT2D eigenvalue weighted by Gasteiger charge is -2.35. The van der Waals surface area contributed by atoms with Crippen molar-refractivity contribution in [1.82, 2.24) is 4.90 Å². The SMILES string of the molecule is O=C1CCCN1[C@@H](c1ccccc1)[C@H](OCc1ccc(Cl)cc1)c1ccc(Cl)cc1. The maximum atomic E-state index is 12.7. The van der Waals surface area contributed by atoms with Gasteiger partial charge in [-0.15, -0.1) is 0 Å². The lowest BCUT2D eigenvalue weighted by Crippen LogP contribution is -2.35. The zero-order chi connectivity index (χ0) is 20.9. The van der Waals surface area contributed by atoms with Crippen LogP contribution in [0, 0.1) is 0 Å². The third kappa shape index (κ3) is 4.86. The summed E-state index contributed by atoms with van der Waals surface area (Å²) in [5, 5.41) is 1.36. The summed E-state index contributed by atoms with van der Waals surface area (Å²) in [5.41, 5.74) is 3.07. The van der Waals surface area contributed by atoms with Crippen LogP contribution in [0.15, 0.2) is 78.9 Å². The summed E-state index contributed by atoms with van der Waals surface area (Å²) in [7, 11) is 0. The Labute approximate surface area is 187 Å². The fraction of sp³-hybridized carbons (Fsp3) is 0.240. The van der Waals surface area contributed by atoms with Crippen molar-refractivity contribution in [3.63, 3.8) is 0 Å². The maximum Gasteiger partial charge on any atom is 0.223 e. The van der Waals surface area contributed by atoms with Crippen LogP contribution in [-0.2, 0) is 16.1 Å². The quantitative estimate of drug-likeness (QED) is 0.414. The van der Waals surface area contributed by atoms with Gasteiger partial charge in [-0.2, -0.15) is 0 Å². The highest BCUT2D eigenvalue weighted by Crippen LogP contribution is 2.40. The number of carbonyl (C=O) groups is 1. The number of ether oxygens (including phenoxy) is 1. The summed E-state index contributed by atoms with van der Waals surface area (Å²) in [5.74, 6) is 0.165. The van der Waals surface area contributed by atoms with Gasteiger partial charge in [0.2, 0.25) is 5.91 Å². The van der Waals surface area contributed by atoms with Crippen molar-refractivity contribution in [2.75, 3.05) is 6.54 Å². The molecule has 154 valence electrons. The van der Waals surface area contributed by atoms with Gasteiger partial charge in [0, 0.05) is 23.0 Å². The monoisotopic (exact) mass is 439 g/mol. The zero-order valence-corrected chi connectivity index (χ0v) is 18.0. The molecule has 1 heterocycles. The minimum atomic E-state index is -0.331. The molecule has 0 aromatic heterocycles. The van der Waals surface area contributed by atoms with Crippen LogP contribution in [-0.4, -0.2) is 17.4 Å². The van der Waals surface area contributed by atoms with E-state index < -0.39 is 0 Å². The number of halogens is 2. The highest BCUT2D eigenvalue weighted by molar-refractivity contribution is 6.30. The largest absolute Gasteiger partial charge is 0.366 e. The van der Waals surface area contributed by atoms with Crippen LogP contribution in [0.3, 0.4) is 0 Å². The van der Waals surface area contributed by atoms with Gasteiger partial charge in [0.05, 0.1) is 12.6 Å². The number of amides is 1. The normalized spacial score (nSPS) is 15.9. The molecule has 0 N–H and O–H groups in total. The van der Waals surface area contributed by atoms with Crippen molar-refractivity contribution in [3.05, 3.63) is 106 Å². The zero-order valence-electron chi connectivity index (χ0n) is 16.5. The van der Waals surface area contributed by atoms with E-state index in [4.69, 9.17) is 27.9 Å². The fourth-order valence-electron chi connectivity index (χ4n) is 3.92. The van der Waals surface area contributed by atoms with Gasteiger partial charge in [-0.3, -0.25) is 4.79 Å². The number of likely N-dealkylation sites (tertiary alicyclic amines) is 1. The van der Waals surface area contributed by atoms with Crippen molar-refractivity contribution in [2.45, 2.75) is 31.6 Å². The van der Waals surface area contributed by atoms with E-state index in [0.29, 0.717) is 23.1 Å². The molecule has 0 unspecified atom stereocenters. The molecule has 1 saturated heterocycles. The van der Waals surface area contributed by atoms with Crippen molar-refractivity contribution in [3.8, 4) is 0 Å². The van der Waals surface area contributed by atoms with Gasteiger partial charge in [-0.1, -0.05) is 77.8 Å². The van der Waals surface area contributed by atoms with Crippen molar-refractivity contribution < 1.29 is 9.53 Å². The minimum absolute atomic E-state index is 0.165. The Bertz CT molecular complexity index is 974. The Morgan fingerprint density at radius 1 is 0.833 bits per heavy atom. The van der Waals surface area contributed by atoms with Crippen LogP contribution in [0.1, 0.15) is 41.7 Å². The molecule has 0 bridgehead atoms. The Morgan fingerprint density at radius 2 is 1.47 bits per heavy atom. The van der Waals surface area contributed by atoms with Crippen LogP contribution < -0.4 is 0 Å². The molecule has 0 aliphatic carbocycles. The predicted octanol–water partition coefficient (Wildman–Crippen LogP) is 6.62. The molecule has 5 heteroatoms. The first-order chi connectivity index (χ1) is 14.6. The van der Waals surface area contributed by atoms with E-state index >= 15 is 0 Å². The Hall–Kier alpha value is -2.33. The molecular formula is C25H23Cl2NO2. The molecule has 1 aliphatic heterocycles. The molecule has 1 aliphatic rings. The number of nitrogens with zero attached hydrogens (tertiary/aromatic N) is 1. The Balaban J connectivity index is 1.71. The molecule has 0 radical (unpaired) electrons. The average molecular weight is 440 g/mol. The van der Waals surface area contributed by atoms with Gasteiger partial charge in [0.1, 0.15) is 6.10 Å². The van der Waals surface area contributed by atoms with Gasteiger partial charge in [0.15, 0.2) is 0 Å². The molecule has 1 fully saturated rings. The van der Waals surface area contributed by atoms with Gasteiger partial charge < -0.3 is 9.64 Å². The van der Waals surface area contributed by atoms with E-state index in [-0.39, 0.29) is 18.1 Å².